The van der Waals surface area contributed by atoms with Crippen LogP contribution in [-0.4, -0.2) is 83.3 Å². The number of methoxy groups -OCH3 is 1. The van der Waals surface area contributed by atoms with Gasteiger partial charge in [-0.1, -0.05) is 60.1 Å². The molecule has 314 valence electrons. The second-order valence-corrected chi connectivity index (χ2v) is 14.9. The summed E-state index contributed by atoms with van der Waals surface area (Å²) in [6.07, 6.45) is 0.460. The van der Waals surface area contributed by atoms with Crippen molar-refractivity contribution in [3.05, 3.63) is 117 Å². The van der Waals surface area contributed by atoms with Gasteiger partial charge in [-0.2, -0.15) is 0 Å². The maximum atomic E-state index is 12.9. The zero-order chi connectivity index (χ0) is 40.1. The summed E-state index contributed by atoms with van der Waals surface area (Å²) in [6.45, 7) is 3.28. The van der Waals surface area contributed by atoms with E-state index in [1.165, 1.54) is 19.2 Å². The number of carboxylic acid groups (broad SMARTS) is 1. The molecule has 2 atom stereocenters. The molecular formula is C43H48ClF2N5O8. The number of aromatic nitrogens is 1. The Bertz CT molecular complexity index is 2310. The predicted molar refractivity (Wildman–Crippen MR) is 225 cm³/mol. The lowest BCUT2D eigenvalue weighted by Gasteiger charge is -2.48. The van der Waals surface area contributed by atoms with Crippen LogP contribution in [0.5, 0.6) is 11.5 Å². The van der Waals surface area contributed by atoms with E-state index in [9.17, 15) is 29.7 Å². The van der Waals surface area contributed by atoms with Crippen molar-refractivity contribution in [2.24, 2.45) is 5.92 Å². The average Bonchev–Trinajstić information content (AvgIpc) is 3.21. The Balaban J connectivity index is 0.00000331. The number of phenols is 1. The van der Waals surface area contributed by atoms with Gasteiger partial charge in [0.05, 0.1) is 47.8 Å². The average molecular weight is 836 g/mol. The lowest BCUT2D eigenvalue weighted by Crippen LogP contribution is -2.59. The van der Waals surface area contributed by atoms with Crippen molar-refractivity contribution in [2.75, 3.05) is 50.1 Å². The van der Waals surface area contributed by atoms with E-state index in [0.29, 0.717) is 52.4 Å². The van der Waals surface area contributed by atoms with Gasteiger partial charge in [0.25, 0.3) is 0 Å². The first-order valence-electron chi connectivity index (χ1n) is 19.1. The number of phenolic OH excluding ortho intramolecular Hbond substituents is 1. The van der Waals surface area contributed by atoms with Gasteiger partial charge in [-0.05, 0) is 85.6 Å². The fraction of sp³-hybridized carbons (Fsp3) is 0.326. The highest BCUT2D eigenvalue weighted by Crippen LogP contribution is 2.39. The normalized spacial score (nSPS) is 17.3. The molecule has 3 aliphatic rings. The Kier molecular flexibility index (Phi) is 14.9. The van der Waals surface area contributed by atoms with E-state index in [2.05, 4.69) is 20.5 Å². The second-order valence-electron chi connectivity index (χ2n) is 14.5. The highest BCUT2D eigenvalue weighted by Gasteiger charge is 2.41. The molecule has 0 radical (unpaired) electrons. The SMILES string of the molecule is COc1cc(NC(=O)OCCCc2ccc(-c3ccccc3)c(N(C(=O)O)[C@H]3CN4CCC3CC4)c2)c(Cl)cc1CNC[C@@H](O)c1ccc(O)c2[nH]c(=O)ccc12.F.F. The molecule has 1 aromatic heterocycles. The maximum Gasteiger partial charge on any atom is 0.412 e. The standard InChI is InChI=1S/C43H46ClN5O8.2FH/c1-56-39-22-34(33(44)21-29(39)23-45-24-38(51)31-11-13-37(50)41-32(31)12-14-40(52)47-41)46-42(53)57-19-5-6-26-9-10-30(27-7-3-2-4-8-27)35(20-26)49(43(54)55)36-25-48-17-15-28(36)16-18-48;;/h2-4,7-14,20-22,28,36,38,45,50-51H,5-6,15-19,23-25H2,1H3,(H,46,53)(H,47,52)(H,54,55);2*1H/t36-,38+;;/m0../s1. The Morgan fingerprint density at radius 2 is 1.78 bits per heavy atom. The molecule has 0 unspecified atom stereocenters. The number of H-pyrrole nitrogens is 1. The minimum atomic E-state index is -0.957. The van der Waals surface area contributed by atoms with Crippen molar-refractivity contribution in [1.82, 2.24) is 15.2 Å². The lowest BCUT2D eigenvalue weighted by atomic mass is 9.82. The van der Waals surface area contributed by atoms with Crippen LogP contribution >= 0.6 is 11.6 Å². The van der Waals surface area contributed by atoms with Gasteiger partial charge in [-0.15, -0.1) is 0 Å². The van der Waals surface area contributed by atoms with Gasteiger partial charge in [-0.25, -0.2) is 9.59 Å². The number of hydrogen-bond acceptors (Lipinski definition) is 9. The first kappa shape index (κ1) is 44.4. The van der Waals surface area contributed by atoms with Gasteiger partial charge in [0.15, 0.2) is 0 Å². The first-order valence-corrected chi connectivity index (χ1v) is 19.4. The number of aliphatic hydroxyl groups excluding tert-OH is 1. The van der Waals surface area contributed by atoms with Crippen molar-refractivity contribution in [3.8, 4) is 22.6 Å². The van der Waals surface area contributed by atoms with E-state index >= 15 is 0 Å². The summed E-state index contributed by atoms with van der Waals surface area (Å²) in [5.41, 5.74) is 4.83. The molecule has 6 N–H and O–H groups in total. The van der Waals surface area contributed by atoms with Crippen LogP contribution in [0.2, 0.25) is 5.02 Å². The number of benzene rings is 4. The Labute approximate surface area is 344 Å². The number of ether oxygens (including phenoxy) is 2. The number of carbonyl (C=O) groups is 2. The van der Waals surface area contributed by atoms with Crippen molar-refractivity contribution >= 4 is 46.1 Å². The van der Waals surface area contributed by atoms with Gasteiger partial charge in [0.1, 0.15) is 11.5 Å². The van der Waals surface area contributed by atoms with Crippen molar-refractivity contribution in [3.63, 3.8) is 0 Å². The Morgan fingerprint density at radius 3 is 2.47 bits per heavy atom. The Hall–Kier alpha value is -5.74. The van der Waals surface area contributed by atoms with Crippen LogP contribution in [0.25, 0.3) is 22.0 Å². The van der Waals surface area contributed by atoms with E-state index in [0.717, 1.165) is 49.2 Å². The van der Waals surface area contributed by atoms with Gasteiger partial charge in [0, 0.05) is 48.3 Å². The number of nitrogens with zero attached hydrogens (tertiary/aromatic N) is 2. The molecule has 4 aromatic carbocycles. The van der Waals surface area contributed by atoms with Gasteiger partial charge < -0.3 is 40.0 Å². The monoisotopic (exact) mass is 835 g/mol. The molecule has 3 saturated heterocycles. The van der Waals surface area contributed by atoms with Crippen LogP contribution in [0.4, 0.5) is 30.4 Å². The van der Waals surface area contributed by atoms with E-state index in [1.54, 1.807) is 29.2 Å². The molecule has 2 bridgehead atoms. The van der Waals surface area contributed by atoms with Gasteiger partial charge >= 0.3 is 12.2 Å². The van der Waals surface area contributed by atoms with Crippen molar-refractivity contribution < 1.29 is 43.8 Å². The van der Waals surface area contributed by atoms with Gasteiger partial charge in [0.2, 0.25) is 5.56 Å². The second kappa shape index (κ2) is 19.8. The van der Waals surface area contributed by atoms with E-state index in [4.69, 9.17) is 21.1 Å². The van der Waals surface area contributed by atoms with Crippen LogP contribution in [0.1, 0.15) is 42.1 Å². The van der Waals surface area contributed by atoms with Crippen LogP contribution in [0, 0.1) is 5.92 Å². The van der Waals surface area contributed by atoms with Crippen LogP contribution in [-0.2, 0) is 17.7 Å². The summed E-state index contributed by atoms with van der Waals surface area (Å²) < 4.78 is 11.1. The molecule has 3 fully saturated rings. The number of nitrogens with one attached hydrogen (secondary N) is 3. The zero-order valence-electron chi connectivity index (χ0n) is 32.4. The summed E-state index contributed by atoms with van der Waals surface area (Å²) in [7, 11) is 1.50. The highest BCUT2D eigenvalue weighted by atomic mass is 35.5. The molecule has 0 spiro atoms. The van der Waals surface area contributed by atoms with Gasteiger partial charge in [-0.3, -0.25) is 24.4 Å². The number of aliphatic hydroxyl groups is 1. The fourth-order valence-corrected chi connectivity index (χ4v) is 8.29. The largest absolute Gasteiger partial charge is 0.506 e. The zero-order valence-corrected chi connectivity index (χ0v) is 33.1. The number of pyridine rings is 1. The van der Waals surface area contributed by atoms with Crippen molar-refractivity contribution in [1.29, 1.82) is 0 Å². The number of hydrogen-bond donors (Lipinski definition) is 6. The summed E-state index contributed by atoms with van der Waals surface area (Å²) in [6, 6.07) is 24.8. The molecule has 5 aromatic rings. The summed E-state index contributed by atoms with van der Waals surface area (Å²) in [5, 5.41) is 38.3. The smallest absolute Gasteiger partial charge is 0.412 e. The molecule has 3 aliphatic heterocycles. The number of aryl methyl sites for hydroxylation is 1. The molecule has 8 rings (SSSR count). The number of piperidine rings is 3. The maximum absolute atomic E-state index is 12.9. The number of anilines is 2. The molecule has 16 heteroatoms. The number of aromatic amines is 1. The third-order valence-corrected chi connectivity index (χ3v) is 11.2. The molecule has 0 saturated carbocycles. The predicted octanol–water partition coefficient (Wildman–Crippen LogP) is 7.45. The number of fused-ring (bicyclic) bond motifs is 4. The first-order chi connectivity index (χ1) is 27.6. The summed E-state index contributed by atoms with van der Waals surface area (Å²) >= 11 is 6.57. The molecular weight excluding hydrogens is 788 g/mol. The molecule has 2 amide bonds. The number of halogens is 3. The van der Waals surface area contributed by atoms with Crippen LogP contribution in [0.3, 0.4) is 0 Å². The molecule has 13 nitrogen and oxygen atoms in total. The molecule has 59 heavy (non-hydrogen) atoms. The summed E-state index contributed by atoms with van der Waals surface area (Å²) in [4.78, 5) is 44.0. The molecule has 4 heterocycles. The minimum absolute atomic E-state index is 0. The lowest BCUT2D eigenvalue weighted by molar-refractivity contribution is 0.0837. The third-order valence-electron chi connectivity index (χ3n) is 10.9. The van der Waals surface area contributed by atoms with Crippen molar-refractivity contribution in [2.45, 2.75) is 44.4 Å². The number of carbonyl (C=O) groups excluding carboxylic acids is 1. The molecule has 0 aliphatic carbocycles. The minimum Gasteiger partial charge on any atom is -0.506 e. The van der Waals surface area contributed by atoms with Crippen LogP contribution < -0.4 is 25.8 Å². The van der Waals surface area contributed by atoms with E-state index < -0.39 is 18.3 Å². The number of rotatable bonds is 14. The fourth-order valence-electron chi connectivity index (χ4n) is 8.05. The van der Waals surface area contributed by atoms with E-state index in [-0.39, 0.29) is 57.0 Å². The number of amides is 2. The van der Waals surface area contributed by atoms with Crippen LogP contribution in [0.15, 0.2) is 89.7 Å². The topological polar surface area (TPSA) is 177 Å². The highest BCUT2D eigenvalue weighted by molar-refractivity contribution is 6.33. The number of aromatic hydroxyl groups is 1. The third kappa shape index (κ3) is 10.1. The quantitative estimate of drug-likeness (QED) is 0.0617. The summed E-state index contributed by atoms with van der Waals surface area (Å²) in [5.74, 6) is 0.681. The van der Waals surface area contributed by atoms with E-state index in [1.807, 2.05) is 48.5 Å². The Morgan fingerprint density at radius 1 is 1.02 bits per heavy atom.